The second kappa shape index (κ2) is 10.9. The fraction of sp³-hybridized carbons (Fsp3) is 0.667. The Hall–Kier alpha value is -1.86. The minimum Gasteiger partial charge on any atom is -0.385 e. The van der Waals surface area contributed by atoms with E-state index in [1.807, 2.05) is 12.3 Å². The Bertz CT molecular complexity index is 538. The molecule has 1 unspecified atom stereocenters. The predicted molar refractivity (Wildman–Crippen MR) is 101 cm³/mol. The van der Waals surface area contributed by atoms with Crippen LogP contribution in [0.25, 0.3) is 0 Å². The quantitative estimate of drug-likeness (QED) is 0.420. The molecule has 1 aromatic heterocycles. The van der Waals surface area contributed by atoms with Gasteiger partial charge in [0.05, 0.1) is 19.3 Å². The van der Waals surface area contributed by atoms with E-state index < -0.39 is 0 Å². The highest BCUT2D eigenvalue weighted by molar-refractivity contribution is 5.79. The van der Waals surface area contributed by atoms with Crippen LogP contribution in [0.4, 0.5) is 5.82 Å². The van der Waals surface area contributed by atoms with Gasteiger partial charge in [0.15, 0.2) is 5.96 Å². The molecular formula is C18H31N5O2. The van der Waals surface area contributed by atoms with Gasteiger partial charge in [0.25, 0.3) is 0 Å². The van der Waals surface area contributed by atoms with Crippen LogP contribution in [-0.4, -0.2) is 63.6 Å². The Morgan fingerprint density at radius 2 is 2.36 bits per heavy atom. The highest BCUT2D eigenvalue weighted by Crippen LogP contribution is 2.16. The van der Waals surface area contributed by atoms with Crippen LogP contribution in [0.2, 0.25) is 0 Å². The summed E-state index contributed by atoms with van der Waals surface area (Å²) in [6.45, 7) is 9.72. The molecule has 7 nitrogen and oxygen atoms in total. The molecule has 0 radical (unpaired) electrons. The number of morpholine rings is 1. The smallest absolute Gasteiger partial charge is 0.191 e. The molecule has 1 aromatic rings. The van der Waals surface area contributed by atoms with Gasteiger partial charge < -0.3 is 25.0 Å². The molecule has 1 atom stereocenters. The normalized spacial score (nSPS) is 18.3. The zero-order valence-electron chi connectivity index (χ0n) is 15.6. The number of nitrogens with one attached hydrogen (secondary N) is 2. The molecule has 0 amide bonds. The molecule has 140 valence electrons. The molecule has 1 fully saturated rings. The van der Waals surface area contributed by atoms with Gasteiger partial charge >= 0.3 is 0 Å². The second-order valence-corrected chi connectivity index (χ2v) is 6.12. The van der Waals surface area contributed by atoms with Crippen molar-refractivity contribution in [1.82, 2.24) is 15.6 Å². The third-order valence-corrected chi connectivity index (χ3v) is 3.96. The maximum absolute atomic E-state index is 5.60. The fourth-order valence-corrected chi connectivity index (χ4v) is 2.69. The van der Waals surface area contributed by atoms with E-state index in [-0.39, 0.29) is 6.10 Å². The number of hydrogen-bond acceptors (Lipinski definition) is 5. The summed E-state index contributed by atoms with van der Waals surface area (Å²) in [7, 11) is 1.72. The van der Waals surface area contributed by atoms with Crippen LogP contribution in [0.15, 0.2) is 23.3 Å². The van der Waals surface area contributed by atoms with Gasteiger partial charge in [-0.3, -0.25) is 0 Å². The van der Waals surface area contributed by atoms with Gasteiger partial charge in [0, 0.05) is 46.1 Å². The lowest BCUT2D eigenvalue weighted by Gasteiger charge is -2.32. The molecule has 0 bridgehead atoms. The number of ether oxygens (including phenoxy) is 2. The molecule has 2 rings (SSSR count). The zero-order chi connectivity index (χ0) is 17.9. The lowest BCUT2D eigenvalue weighted by Crippen LogP contribution is -2.41. The van der Waals surface area contributed by atoms with Crippen LogP contribution in [0.3, 0.4) is 0 Å². The Kier molecular flexibility index (Phi) is 8.48. The lowest BCUT2D eigenvalue weighted by atomic mass is 10.2. The average Bonchev–Trinajstić information content (AvgIpc) is 2.63. The molecule has 0 spiro atoms. The van der Waals surface area contributed by atoms with Crippen molar-refractivity contribution >= 4 is 11.8 Å². The van der Waals surface area contributed by atoms with Gasteiger partial charge in [0.2, 0.25) is 0 Å². The summed E-state index contributed by atoms with van der Waals surface area (Å²) in [4.78, 5) is 11.4. The first-order valence-corrected chi connectivity index (χ1v) is 9.05. The van der Waals surface area contributed by atoms with E-state index in [2.05, 4.69) is 45.4 Å². The number of pyridine rings is 1. The van der Waals surface area contributed by atoms with E-state index in [9.17, 15) is 0 Å². The van der Waals surface area contributed by atoms with E-state index in [1.54, 1.807) is 7.11 Å². The molecule has 0 aromatic carbocycles. The molecule has 2 heterocycles. The van der Waals surface area contributed by atoms with E-state index in [4.69, 9.17) is 9.47 Å². The summed E-state index contributed by atoms with van der Waals surface area (Å²) in [5.74, 6) is 1.83. The number of rotatable bonds is 8. The van der Waals surface area contributed by atoms with Gasteiger partial charge in [-0.25, -0.2) is 9.98 Å². The highest BCUT2D eigenvalue weighted by Gasteiger charge is 2.17. The van der Waals surface area contributed by atoms with Crippen LogP contribution in [0.1, 0.15) is 25.8 Å². The highest BCUT2D eigenvalue weighted by atomic mass is 16.5. The first-order chi connectivity index (χ1) is 12.2. The van der Waals surface area contributed by atoms with Gasteiger partial charge in [-0.2, -0.15) is 0 Å². The molecule has 0 saturated carbocycles. The standard InChI is InChI=1S/C18H31N5O2/c1-4-19-18(21-7-5-10-24-3)22-13-16-6-8-20-17(12-16)23-9-11-25-15(2)14-23/h6,8,12,15H,4-5,7,9-11,13-14H2,1-3H3,(H2,19,21,22). The van der Waals surface area contributed by atoms with E-state index in [1.165, 1.54) is 0 Å². The summed E-state index contributed by atoms with van der Waals surface area (Å²) >= 11 is 0. The Labute approximate surface area is 150 Å². The van der Waals surface area contributed by atoms with Gasteiger partial charge in [0.1, 0.15) is 5.82 Å². The van der Waals surface area contributed by atoms with Crippen LogP contribution in [0.5, 0.6) is 0 Å². The Balaban J connectivity index is 1.94. The van der Waals surface area contributed by atoms with Crippen molar-refractivity contribution in [3.05, 3.63) is 23.9 Å². The van der Waals surface area contributed by atoms with Crippen LogP contribution < -0.4 is 15.5 Å². The maximum Gasteiger partial charge on any atom is 0.191 e. The topological polar surface area (TPSA) is 71.0 Å². The molecular weight excluding hydrogens is 318 g/mol. The summed E-state index contributed by atoms with van der Waals surface area (Å²) in [6, 6.07) is 4.14. The van der Waals surface area contributed by atoms with Gasteiger partial charge in [-0.1, -0.05) is 0 Å². The minimum atomic E-state index is 0.244. The first kappa shape index (κ1) is 19.5. The number of nitrogens with zero attached hydrogens (tertiary/aromatic N) is 3. The molecule has 25 heavy (non-hydrogen) atoms. The van der Waals surface area contributed by atoms with Crippen molar-refractivity contribution in [2.24, 2.45) is 4.99 Å². The van der Waals surface area contributed by atoms with E-state index in [0.29, 0.717) is 6.54 Å². The third kappa shape index (κ3) is 6.88. The van der Waals surface area contributed by atoms with Crippen molar-refractivity contribution in [3.8, 4) is 0 Å². The maximum atomic E-state index is 5.60. The average molecular weight is 349 g/mol. The molecule has 1 saturated heterocycles. The molecule has 1 aliphatic rings. The van der Waals surface area contributed by atoms with Crippen molar-refractivity contribution < 1.29 is 9.47 Å². The van der Waals surface area contributed by atoms with Crippen LogP contribution in [-0.2, 0) is 16.0 Å². The Morgan fingerprint density at radius 3 is 3.12 bits per heavy atom. The van der Waals surface area contributed by atoms with Crippen molar-refractivity contribution in [2.75, 3.05) is 51.4 Å². The number of guanidine groups is 1. The van der Waals surface area contributed by atoms with Gasteiger partial charge in [-0.15, -0.1) is 0 Å². The number of anilines is 1. The van der Waals surface area contributed by atoms with Crippen molar-refractivity contribution in [2.45, 2.75) is 32.9 Å². The number of hydrogen-bond donors (Lipinski definition) is 2. The second-order valence-electron chi connectivity index (χ2n) is 6.12. The van der Waals surface area contributed by atoms with Gasteiger partial charge in [-0.05, 0) is 38.0 Å². The number of methoxy groups -OCH3 is 1. The predicted octanol–water partition coefficient (Wildman–Crippen LogP) is 1.40. The Morgan fingerprint density at radius 1 is 1.48 bits per heavy atom. The fourth-order valence-electron chi connectivity index (χ4n) is 2.69. The first-order valence-electron chi connectivity index (χ1n) is 9.05. The molecule has 1 aliphatic heterocycles. The number of aliphatic imine (C=N–C) groups is 1. The monoisotopic (exact) mass is 349 g/mol. The summed E-state index contributed by atoms with van der Waals surface area (Å²) in [5.41, 5.74) is 1.15. The summed E-state index contributed by atoms with van der Waals surface area (Å²) in [5, 5.41) is 6.59. The molecule has 7 heteroatoms. The molecule has 2 N–H and O–H groups in total. The largest absolute Gasteiger partial charge is 0.385 e. The van der Waals surface area contributed by atoms with Crippen molar-refractivity contribution in [1.29, 1.82) is 0 Å². The van der Waals surface area contributed by atoms with E-state index >= 15 is 0 Å². The van der Waals surface area contributed by atoms with Crippen molar-refractivity contribution in [3.63, 3.8) is 0 Å². The summed E-state index contributed by atoms with van der Waals surface area (Å²) in [6.07, 6.45) is 3.06. The van der Waals surface area contributed by atoms with E-state index in [0.717, 1.165) is 63.2 Å². The lowest BCUT2D eigenvalue weighted by molar-refractivity contribution is 0.0529. The zero-order valence-corrected chi connectivity index (χ0v) is 15.6. The van der Waals surface area contributed by atoms with Crippen LogP contribution in [0, 0.1) is 0 Å². The third-order valence-electron chi connectivity index (χ3n) is 3.96. The minimum absolute atomic E-state index is 0.244. The molecule has 0 aliphatic carbocycles. The summed E-state index contributed by atoms with van der Waals surface area (Å²) < 4.78 is 10.7. The van der Waals surface area contributed by atoms with Crippen LogP contribution >= 0.6 is 0 Å². The SMILES string of the molecule is CCNC(=NCc1ccnc(N2CCOC(C)C2)c1)NCCCOC. The number of aromatic nitrogens is 1.